The predicted octanol–water partition coefficient (Wildman–Crippen LogP) is 4.59. The molecule has 0 aromatic heterocycles. The number of aliphatic carboxylic acids is 1. The smallest absolute Gasteiger partial charge is 0.337 e. The summed E-state index contributed by atoms with van der Waals surface area (Å²) >= 11 is 5.87. The molecule has 1 atom stereocenters. The van der Waals surface area contributed by atoms with Gasteiger partial charge < -0.3 is 14.9 Å². The summed E-state index contributed by atoms with van der Waals surface area (Å²) in [5, 5.41) is 20.6. The van der Waals surface area contributed by atoms with Gasteiger partial charge in [-0.2, -0.15) is 0 Å². The summed E-state index contributed by atoms with van der Waals surface area (Å²) in [6, 6.07) is 4.35. The Bertz CT molecular complexity index is 780. The maximum absolute atomic E-state index is 14.7. The summed E-state index contributed by atoms with van der Waals surface area (Å²) in [5.41, 5.74) is -0.846. The van der Waals surface area contributed by atoms with Crippen LogP contribution in [0.1, 0.15) is 38.0 Å². The van der Waals surface area contributed by atoms with Gasteiger partial charge >= 0.3 is 5.97 Å². The second-order valence-corrected chi connectivity index (χ2v) is 6.78. The molecule has 1 unspecified atom stereocenters. The van der Waals surface area contributed by atoms with Crippen LogP contribution in [0.5, 0.6) is 5.75 Å². The summed E-state index contributed by atoms with van der Waals surface area (Å²) in [6.07, 6.45) is -1.48. The molecule has 6 heteroatoms. The van der Waals surface area contributed by atoms with Crippen molar-refractivity contribution in [2.45, 2.75) is 39.4 Å². The number of carbonyl (C=O) groups is 1. The fourth-order valence-electron chi connectivity index (χ4n) is 2.45. The predicted molar refractivity (Wildman–Crippen MR) is 86.5 cm³/mol. The number of phenols is 1. The van der Waals surface area contributed by atoms with Crippen molar-refractivity contribution < 1.29 is 24.1 Å². The van der Waals surface area contributed by atoms with Gasteiger partial charge in [-0.3, -0.25) is 0 Å². The Hall–Kier alpha value is -1.85. The van der Waals surface area contributed by atoms with Crippen molar-refractivity contribution in [3.05, 3.63) is 40.2 Å². The number of hydrogen-bond donors (Lipinski definition) is 2. The van der Waals surface area contributed by atoms with Gasteiger partial charge in [0, 0.05) is 21.4 Å². The van der Waals surface area contributed by atoms with Crippen LogP contribution in [0, 0.1) is 12.7 Å². The molecule has 2 rings (SSSR count). The molecule has 0 aliphatic heterocycles. The van der Waals surface area contributed by atoms with Gasteiger partial charge in [0.2, 0.25) is 0 Å². The van der Waals surface area contributed by atoms with Gasteiger partial charge in [0.15, 0.2) is 6.10 Å². The second-order valence-electron chi connectivity index (χ2n) is 6.34. The van der Waals surface area contributed by atoms with E-state index >= 15 is 0 Å². The van der Waals surface area contributed by atoms with E-state index in [-0.39, 0.29) is 27.6 Å². The number of fused-ring (bicyclic) bond motifs is 1. The van der Waals surface area contributed by atoms with E-state index in [0.29, 0.717) is 5.02 Å². The average molecular weight is 341 g/mol. The van der Waals surface area contributed by atoms with Gasteiger partial charge in [0.1, 0.15) is 11.6 Å². The monoisotopic (exact) mass is 340 g/mol. The molecule has 23 heavy (non-hydrogen) atoms. The highest BCUT2D eigenvalue weighted by atomic mass is 35.5. The van der Waals surface area contributed by atoms with E-state index in [9.17, 15) is 19.4 Å². The largest absolute Gasteiger partial charge is 0.507 e. The SMILES string of the molecule is Cc1c(C(OC(C)(C)C)C(=O)O)c(O)c2ccc(Cl)cc2c1F. The highest BCUT2D eigenvalue weighted by Crippen LogP contribution is 2.41. The zero-order valence-corrected chi connectivity index (χ0v) is 14.0. The van der Waals surface area contributed by atoms with Gasteiger partial charge in [-0.25, -0.2) is 9.18 Å². The lowest BCUT2D eigenvalue weighted by Crippen LogP contribution is -2.28. The molecule has 2 aromatic rings. The lowest BCUT2D eigenvalue weighted by molar-refractivity contribution is -0.160. The van der Waals surface area contributed by atoms with Crippen molar-refractivity contribution in [3.63, 3.8) is 0 Å². The molecule has 0 aliphatic carbocycles. The number of phenolic OH excluding ortho intramolecular Hbond substituents is 1. The van der Waals surface area contributed by atoms with Crippen LogP contribution in [0.25, 0.3) is 10.8 Å². The third-order valence-electron chi connectivity index (χ3n) is 3.42. The zero-order chi connectivity index (χ0) is 17.5. The molecule has 0 bridgehead atoms. The molecule has 0 spiro atoms. The molecular formula is C17H18ClFO4. The number of halogens is 2. The summed E-state index contributed by atoms with van der Waals surface area (Å²) < 4.78 is 20.2. The first-order chi connectivity index (χ1) is 10.5. The number of aromatic hydroxyl groups is 1. The van der Waals surface area contributed by atoms with Crippen molar-refractivity contribution in [2.75, 3.05) is 0 Å². The number of ether oxygens (including phenoxy) is 1. The van der Waals surface area contributed by atoms with E-state index in [1.54, 1.807) is 20.8 Å². The lowest BCUT2D eigenvalue weighted by atomic mass is 9.95. The Morgan fingerprint density at radius 3 is 2.43 bits per heavy atom. The molecule has 0 saturated carbocycles. The lowest BCUT2D eigenvalue weighted by Gasteiger charge is -2.27. The highest BCUT2D eigenvalue weighted by Gasteiger charge is 2.32. The normalized spacial score (nSPS) is 13.3. The number of carboxylic acids is 1. The molecule has 0 amide bonds. The molecular weight excluding hydrogens is 323 g/mol. The number of benzene rings is 2. The van der Waals surface area contributed by atoms with E-state index < -0.39 is 23.5 Å². The van der Waals surface area contributed by atoms with E-state index in [0.717, 1.165) is 0 Å². The minimum atomic E-state index is -1.48. The van der Waals surface area contributed by atoms with Gasteiger partial charge in [0.05, 0.1) is 5.60 Å². The molecule has 2 N–H and O–H groups in total. The van der Waals surface area contributed by atoms with Crippen molar-refractivity contribution in [1.82, 2.24) is 0 Å². The third kappa shape index (κ3) is 3.41. The topological polar surface area (TPSA) is 66.8 Å². The Morgan fingerprint density at radius 1 is 1.30 bits per heavy atom. The molecule has 4 nitrogen and oxygen atoms in total. The first-order valence-electron chi connectivity index (χ1n) is 7.03. The average Bonchev–Trinajstić information content (AvgIpc) is 2.42. The van der Waals surface area contributed by atoms with E-state index in [4.69, 9.17) is 16.3 Å². The van der Waals surface area contributed by atoms with Gasteiger partial charge in [-0.05, 0) is 51.5 Å². The number of rotatable bonds is 3. The Balaban J connectivity index is 2.78. The van der Waals surface area contributed by atoms with Crippen LogP contribution in [-0.2, 0) is 9.53 Å². The molecule has 0 radical (unpaired) electrons. The van der Waals surface area contributed by atoms with E-state index in [1.165, 1.54) is 25.1 Å². The fraction of sp³-hybridized carbons (Fsp3) is 0.353. The minimum Gasteiger partial charge on any atom is -0.507 e. The molecule has 124 valence electrons. The summed E-state index contributed by atoms with van der Waals surface area (Å²) in [5.74, 6) is -2.24. The zero-order valence-electron chi connectivity index (χ0n) is 13.3. The van der Waals surface area contributed by atoms with Gasteiger partial charge in [-0.1, -0.05) is 11.6 Å². The first kappa shape index (κ1) is 17.5. The maximum Gasteiger partial charge on any atom is 0.337 e. The maximum atomic E-state index is 14.7. The highest BCUT2D eigenvalue weighted by molar-refractivity contribution is 6.31. The minimum absolute atomic E-state index is 0.0221. The van der Waals surface area contributed by atoms with Crippen LogP contribution in [0.3, 0.4) is 0 Å². The van der Waals surface area contributed by atoms with Crippen LogP contribution in [0.15, 0.2) is 18.2 Å². The second kappa shape index (κ2) is 5.98. The van der Waals surface area contributed by atoms with Crippen LogP contribution in [0.4, 0.5) is 4.39 Å². The van der Waals surface area contributed by atoms with Crippen LogP contribution >= 0.6 is 11.6 Å². The number of carboxylic acid groups (broad SMARTS) is 1. The number of hydrogen-bond acceptors (Lipinski definition) is 3. The first-order valence-corrected chi connectivity index (χ1v) is 7.41. The molecule has 0 fully saturated rings. The Morgan fingerprint density at radius 2 is 1.91 bits per heavy atom. The van der Waals surface area contributed by atoms with E-state index in [2.05, 4.69) is 0 Å². The van der Waals surface area contributed by atoms with Crippen molar-refractivity contribution >= 4 is 28.3 Å². The van der Waals surface area contributed by atoms with Crippen molar-refractivity contribution in [2.24, 2.45) is 0 Å². The molecule has 2 aromatic carbocycles. The summed E-state index contributed by atoms with van der Waals surface area (Å²) in [7, 11) is 0. The van der Waals surface area contributed by atoms with Crippen molar-refractivity contribution in [1.29, 1.82) is 0 Å². The molecule has 0 heterocycles. The molecule has 0 aliphatic rings. The fourth-order valence-corrected chi connectivity index (χ4v) is 2.63. The van der Waals surface area contributed by atoms with Gasteiger partial charge in [0.25, 0.3) is 0 Å². The Kier molecular flexibility index (Phi) is 4.55. The third-order valence-corrected chi connectivity index (χ3v) is 3.65. The van der Waals surface area contributed by atoms with Crippen molar-refractivity contribution in [3.8, 4) is 5.75 Å². The van der Waals surface area contributed by atoms with Gasteiger partial charge in [-0.15, -0.1) is 0 Å². The standard InChI is InChI=1S/C17H18ClFO4/c1-8-12(15(16(21)22)23-17(2,3)4)14(20)10-6-5-9(18)7-11(10)13(8)19/h5-7,15,20H,1-4H3,(H,21,22). The van der Waals surface area contributed by atoms with Crippen LogP contribution < -0.4 is 0 Å². The quantitative estimate of drug-likeness (QED) is 0.857. The summed E-state index contributed by atoms with van der Waals surface area (Å²) in [6.45, 7) is 6.47. The van der Waals surface area contributed by atoms with Crippen LogP contribution in [-0.4, -0.2) is 21.8 Å². The Labute approximate surface area is 138 Å². The van der Waals surface area contributed by atoms with Crippen LogP contribution in [0.2, 0.25) is 5.02 Å². The summed E-state index contributed by atoms with van der Waals surface area (Å²) in [4.78, 5) is 11.6. The van der Waals surface area contributed by atoms with E-state index in [1.807, 2.05) is 0 Å². The molecule has 0 saturated heterocycles.